The zero-order valence-electron chi connectivity index (χ0n) is 12.7. The van der Waals surface area contributed by atoms with Crippen LogP contribution in [0.15, 0.2) is 27.5 Å². The van der Waals surface area contributed by atoms with Gasteiger partial charge in [-0.25, -0.2) is 12.8 Å². The van der Waals surface area contributed by atoms with E-state index >= 15 is 0 Å². The van der Waals surface area contributed by atoms with E-state index in [9.17, 15) is 30.5 Å². The van der Waals surface area contributed by atoms with Gasteiger partial charge in [-0.3, -0.25) is 0 Å². The second kappa shape index (κ2) is 6.40. The molecule has 0 spiro atoms. The van der Waals surface area contributed by atoms with Crippen LogP contribution in [0, 0.1) is 5.82 Å². The quantitative estimate of drug-likeness (QED) is 0.463. The van der Waals surface area contributed by atoms with Crippen LogP contribution in [-0.4, -0.2) is 28.9 Å². The van der Waals surface area contributed by atoms with Gasteiger partial charge in [-0.2, -0.15) is 13.2 Å². The zero-order valence-corrected chi connectivity index (χ0v) is 14.4. The molecule has 0 N–H and O–H groups in total. The average molecular weight is 373 g/mol. The Balaban J connectivity index is 3.45. The minimum absolute atomic E-state index is 0.157. The van der Waals surface area contributed by atoms with Crippen LogP contribution >= 0.6 is 0 Å². The van der Waals surface area contributed by atoms with Crippen molar-refractivity contribution in [1.29, 1.82) is 0 Å². The van der Waals surface area contributed by atoms with Crippen molar-refractivity contribution >= 4 is 26.9 Å². The molecule has 10 heteroatoms. The Morgan fingerprint density at radius 2 is 1.74 bits per heavy atom. The van der Waals surface area contributed by atoms with Gasteiger partial charge in [0.25, 0.3) is 9.84 Å². The van der Waals surface area contributed by atoms with E-state index in [0.29, 0.717) is 6.07 Å². The second-order valence-corrected chi connectivity index (χ2v) is 9.42. The SMILES string of the molecule is C/C(=N\[S@@+]([O-])C(C)(C)C)c1cccc(S(=O)(=O)C(F)(F)F)c1F. The lowest BCUT2D eigenvalue weighted by atomic mass is 10.1. The van der Waals surface area contributed by atoms with Gasteiger partial charge in [-0.15, -0.1) is 0 Å². The Bertz CT molecular complexity index is 722. The fourth-order valence-electron chi connectivity index (χ4n) is 1.43. The summed E-state index contributed by atoms with van der Waals surface area (Å²) in [6.07, 6.45) is 0. The van der Waals surface area contributed by atoms with E-state index < -0.39 is 47.7 Å². The Morgan fingerprint density at radius 3 is 2.17 bits per heavy atom. The first kappa shape index (κ1) is 19.9. The van der Waals surface area contributed by atoms with Gasteiger partial charge in [0.2, 0.25) is 0 Å². The Kier molecular flexibility index (Phi) is 5.55. The van der Waals surface area contributed by atoms with Gasteiger partial charge < -0.3 is 4.55 Å². The lowest BCUT2D eigenvalue weighted by Crippen LogP contribution is -2.27. The minimum atomic E-state index is -5.83. The standard InChI is InChI=1S/C13H15F4NO3S2/c1-8(18-22(19)12(2,3)4)9-6-5-7-10(11(9)14)23(20,21)13(15,16)17/h5-7H,1-4H3/b18-8+/t22-/m0/s1. The van der Waals surface area contributed by atoms with Crippen molar-refractivity contribution in [3.05, 3.63) is 29.6 Å². The van der Waals surface area contributed by atoms with Crippen LogP contribution in [0.4, 0.5) is 17.6 Å². The van der Waals surface area contributed by atoms with Crippen molar-refractivity contribution < 1.29 is 30.5 Å². The predicted octanol–water partition coefficient (Wildman–Crippen LogP) is 3.39. The molecular formula is C13H15F4NO3S2. The molecule has 23 heavy (non-hydrogen) atoms. The molecule has 0 aliphatic rings. The van der Waals surface area contributed by atoms with Crippen molar-refractivity contribution in [2.75, 3.05) is 0 Å². The third-order valence-corrected chi connectivity index (χ3v) is 5.68. The summed E-state index contributed by atoms with van der Waals surface area (Å²) in [6.45, 7) is 6.08. The summed E-state index contributed by atoms with van der Waals surface area (Å²) < 4.78 is 89.5. The van der Waals surface area contributed by atoms with Crippen molar-refractivity contribution in [3.63, 3.8) is 0 Å². The molecule has 0 fully saturated rings. The number of benzene rings is 1. The smallest absolute Gasteiger partial charge is 0.502 e. The normalized spacial score (nSPS) is 15.6. The third-order valence-electron chi connectivity index (χ3n) is 2.69. The van der Waals surface area contributed by atoms with Crippen LogP contribution in [0.5, 0.6) is 0 Å². The summed E-state index contributed by atoms with van der Waals surface area (Å²) in [4.78, 5) is -1.49. The summed E-state index contributed by atoms with van der Waals surface area (Å²) >= 11 is -1.77. The number of halogens is 4. The molecule has 0 aliphatic heterocycles. The molecule has 0 aliphatic carbocycles. The van der Waals surface area contributed by atoms with E-state index in [-0.39, 0.29) is 5.71 Å². The van der Waals surface area contributed by atoms with E-state index in [1.807, 2.05) is 0 Å². The highest BCUT2D eigenvalue weighted by Gasteiger charge is 2.48. The number of sulfone groups is 1. The summed E-state index contributed by atoms with van der Waals surface area (Å²) in [7, 11) is -5.83. The first-order chi connectivity index (χ1) is 10.2. The molecule has 0 radical (unpaired) electrons. The predicted molar refractivity (Wildman–Crippen MR) is 79.7 cm³/mol. The van der Waals surface area contributed by atoms with E-state index in [1.165, 1.54) is 6.92 Å². The Morgan fingerprint density at radius 1 is 1.22 bits per heavy atom. The fourth-order valence-corrected chi connectivity index (χ4v) is 2.91. The van der Waals surface area contributed by atoms with Crippen molar-refractivity contribution in [2.45, 2.75) is 42.8 Å². The molecule has 4 nitrogen and oxygen atoms in total. The lowest BCUT2D eigenvalue weighted by molar-refractivity contribution is -0.0437. The fraction of sp³-hybridized carbons (Fsp3) is 0.462. The number of hydrogen-bond acceptors (Lipinski definition) is 4. The van der Waals surface area contributed by atoms with Crippen molar-refractivity contribution in [3.8, 4) is 0 Å². The van der Waals surface area contributed by atoms with E-state index in [0.717, 1.165) is 12.1 Å². The topological polar surface area (TPSA) is 69.6 Å². The van der Waals surface area contributed by atoms with Gasteiger partial charge in [0.15, 0.2) is 5.82 Å². The lowest BCUT2D eigenvalue weighted by Gasteiger charge is -2.19. The minimum Gasteiger partial charge on any atom is -0.591 e. The highest BCUT2D eigenvalue weighted by Crippen LogP contribution is 2.32. The molecule has 1 aromatic carbocycles. The number of alkyl halides is 3. The first-order valence-corrected chi connectivity index (χ1v) is 8.86. The van der Waals surface area contributed by atoms with Crippen LogP contribution in [0.3, 0.4) is 0 Å². The molecule has 0 aromatic heterocycles. The van der Waals surface area contributed by atoms with Crippen LogP contribution < -0.4 is 0 Å². The zero-order chi connectivity index (χ0) is 18.2. The van der Waals surface area contributed by atoms with Crippen molar-refractivity contribution in [2.24, 2.45) is 4.40 Å². The molecule has 0 saturated carbocycles. The van der Waals surface area contributed by atoms with Crippen molar-refractivity contribution in [1.82, 2.24) is 0 Å². The monoisotopic (exact) mass is 373 g/mol. The largest absolute Gasteiger partial charge is 0.591 e. The van der Waals surface area contributed by atoms with Crippen LogP contribution in [0.1, 0.15) is 33.3 Å². The molecule has 130 valence electrons. The molecule has 0 bridgehead atoms. The molecule has 0 amide bonds. The van der Waals surface area contributed by atoms with Gasteiger partial charge >= 0.3 is 5.51 Å². The number of hydrogen-bond donors (Lipinski definition) is 0. The number of nitrogens with zero attached hydrogens (tertiary/aromatic N) is 1. The van der Waals surface area contributed by atoms with Gasteiger partial charge in [-0.05, 0) is 39.8 Å². The number of rotatable bonds is 3. The molecule has 1 rings (SSSR count). The molecule has 1 aromatic rings. The second-order valence-electron chi connectivity index (χ2n) is 5.61. The van der Waals surface area contributed by atoms with Gasteiger partial charge in [0.1, 0.15) is 21.0 Å². The molecule has 0 saturated heterocycles. The summed E-state index contributed by atoms with van der Waals surface area (Å²) in [5.41, 5.74) is -6.23. The van der Waals surface area contributed by atoms with E-state index in [2.05, 4.69) is 4.40 Å². The van der Waals surface area contributed by atoms with E-state index in [1.54, 1.807) is 20.8 Å². The highest BCUT2D eigenvalue weighted by atomic mass is 32.2. The molecular weight excluding hydrogens is 358 g/mol. The van der Waals surface area contributed by atoms with Gasteiger partial charge in [0, 0.05) is 5.56 Å². The molecule has 0 heterocycles. The average Bonchev–Trinajstić information content (AvgIpc) is 2.35. The van der Waals surface area contributed by atoms with Crippen LogP contribution in [-0.2, 0) is 21.2 Å². The van der Waals surface area contributed by atoms with Crippen LogP contribution in [0.25, 0.3) is 0 Å². The summed E-state index contributed by atoms with van der Waals surface area (Å²) in [5.74, 6) is -1.57. The van der Waals surface area contributed by atoms with Crippen LogP contribution in [0.2, 0.25) is 0 Å². The first-order valence-electron chi connectivity index (χ1n) is 6.27. The Labute approximate surface area is 134 Å². The van der Waals surface area contributed by atoms with Gasteiger partial charge in [0.05, 0.1) is 5.71 Å². The Hall–Kier alpha value is -1.13. The summed E-state index contributed by atoms with van der Waals surface area (Å²) in [5, 5.41) is 0. The maximum absolute atomic E-state index is 14.2. The maximum atomic E-state index is 14.2. The van der Waals surface area contributed by atoms with E-state index in [4.69, 9.17) is 0 Å². The molecule has 0 unspecified atom stereocenters. The molecule has 1 atom stereocenters. The van der Waals surface area contributed by atoms with Gasteiger partial charge in [-0.1, -0.05) is 10.5 Å². The highest BCUT2D eigenvalue weighted by molar-refractivity contribution is 7.92. The third kappa shape index (κ3) is 4.24. The summed E-state index contributed by atoms with van der Waals surface area (Å²) in [6, 6.07) is 2.56. The maximum Gasteiger partial charge on any atom is 0.502 e.